The second-order valence-electron chi connectivity index (χ2n) is 5.64. The molecule has 0 N–H and O–H groups in total. The smallest absolute Gasteiger partial charge is 0.0752 e. The van der Waals surface area contributed by atoms with Crippen LogP contribution in [0.4, 0.5) is 0 Å². The Morgan fingerprint density at radius 3 is 2.50 bits per heavy atom. The Hall–Kier alpha value is -0.730. The number of halogens is 1. The van der Waals surface area contributed by atoms with E-state index in [1.807, 2.05) is 19.1 Å². The lowest BCUT2D eigenvalue weighted by molar-refractivity contribution is 0.571. The van der Waals surface area contributed by atoms with Gasteiger partial charge in [-0.3, -0.25) is 4.98 Å². The number of aryl methyl sites for hydroxylation is 1. The predicted octanol–water partition coefficient (Wildman–Crippen LogP) is 4.92. The Bertz CT molecular complexity index is 599. The van der Waals surface area contributed by atoms with Crippen LogP contribution in [0.15, 0.2) is 18.2 Å². The lowest BCUT2D eigenvalue weighted by Gasteiger charge is -2.20. The Morgan fingerprint density at radius 2 is 1.94 bits per heavy atom. The zero-order chi connectivity index (χ0) is 13.5. The summed E-state index contributed by atoms with van der Waals surface area (Å²) in [5, 5.41) is 1.92. The van der Waals surface area contributed by atoms with Gasteiger partial charge in [0.2, 0.25) is 0 Å². The summed E-state index contributed by atoms with van der Waals surface area (Å²) in [6.45, 7) is 8.53. The van der Waals surface area contributed by atoms with Crippen LogP contribution in [-0.4, -0.2) is 4.98 Å². The van der Waals surface area contributed by atoms with E-state index in [1.165, 1.54) is 5.56 Å². The fourth-order valence-electron chi connectivity index (χ4n) is 1.99. The number of fused-ring (bicyclic) bond motifs is 1. The zero-order valence-electron chi connectivity index (χ0n) is 11.2. The van der Waals surface area contributed by atoms with Crippen LogP contribution in [0.2, 0.25) is 5.02 Å². The quantitative estimate of drug-likeness (QED) is 0.731. The van der Waals surface area contributed by atoms with Gasteiger partial charge in [-0.2, -0.15) is 12.6 Å². The largest absolute Gasteiger partial charge is 0.252 e. The van der Waals surface area contributed by atoms with Crippen molar-refractivity contribution >= 4 is 35.1 Å². The molecule has 2 aromatic rings. The van der Waals surface area contributed by atoms with E-state index in [2.05, 4.69) is 39.5 Å². The minimum atomic E-state index is 0.0284. The molecule has 0 amide bonds. The molecule has 1 aromatic heterocycles. The molecular weight excluding hydrogens is 262 g/mol. The average molecular weight is 280 g/mol. The van der Waals surface area contributed by atoms with Crippen molar-refractivity contribution in [3.63, 3.8) is 0 Å². The van der Waals surface area contributed by atoms with Gasteiger partial charge in [0, 0.05) is 27.3 Å². The van der Waals surface area contributed by atoms with Crippen LogP contribution in [-0.2, 0) is 11.2 Å². The Kier molecular flexibility index (Phi) is 3.61. The van der Waals surface area contributed by atoms with Gasteiger partial charge in [0.15, 0.2) is 0 Å². The van der Waals surface area contributed by atoms with Crippen molar-refractivity contribution in [1.82, 2.24) is 4.98 Å². The van der Waals surface area contributed by atoms with Crippen LogP contribution < -0.4 is 0 Å². The van der Waals surface area contributed by atoms with Crippen LogP contribution >= 0.6 is 24.2 Å². The topological polar surface area (TPSA) is 12.9 Å². The van der Waals surface area contributed by atoms with Crippen molar-refractivity contribution in [2.75, 3.05) is 0 Å². The summed E-state index contributed by atoms with van der Waals surface area (Å²) in [5.41, 5.74) is 4.38. The zero-order valence-corrected chi connectivity index (χ0v) is 12.9. The van der Waals surface area contributed by atoms with Crippen LogP contribution in [0, 0.1) is 6.92 Å². The lowest BCUT2D eigenvalue weighted by Crippen LogP contribution is -2.14. The monoisotopic (exact) mass is 279 g/mol. The molecule has 0 saturated carbocycles. The van der Waals surface area contributed by atoms with E-state index in [9.17, 15) is 0 Å². The molecule has 0 saturated heterocycles. The third-order valence-electron chi connectivity index (χ3n) is 3.19. The van der Waals surface area contributed by atoms with Gasteiger partial charge < -0.3 is 0 Å². The third-order valence-corrected chi connectivity index (χ3v) is 3.94. The average Bonchev–Trinajstić information content (AvgIpc) is 2.31. The van der Waals surface area contributed by atoms with Gasteiger partial charge in [-0.25, -0.2) is 0 Å². The summed E-state index contributed by atoms with van der Waals surface area (Å²) < 4.78 is 0. The molecule has 0 bridgehead atoms. The Labute approximate surface area is 119 Å². The molecule has 0 spiro atoms. The van der Waals surface area contributed by atoms with E-state index in [4.69, 9.17) is 16.6 Å². The van der Waals surface area contributed by atoms with Crippen molar-refractivity contribution in [3.05, 3.63) is 40.0 Å². The van der Waals surface area contributed by atoms with Crippen molar-refractivity contribution < 1.29 is 0 Å². The molecule has 1 aromatic carbocycles. The van der Waals surface area contributed by atoms with E-state index < -0.39 is 0 Å². The molecule has 1 nitrogen and oxygen atoms in total. The summed E-state index contributed by atoms with van der Waals surface area (Å²) >= 11 is 10.6. The van der Waals surface area contributed by atoms with Gasteiger partial charge in [0.1, 0.15) is 0 Å². The number of thiol groups is 1. The fourth-order valence-corrected chi connectivity index (χ4v) is 2.40. The summed E-state index contributed by atoms with van der Waals surface area (Å²) in [4.78, 5) is 4.80. The highest BCUT2D eigenvalue weighted by Gasteiger charge is 2.18. The maximum absolute atomic E-state index is 6.19. The van der Waals surface area contributed by atoms with Gasteiger partial charge in [0.05, 0.1) is 5.52 Å². The summed E-state index contributed by atoms with van der Waals surface area (Å²) in [7, 11) is 0. The van der Waals surface area contributed by atoms with Crippen LogP contribution in [0.3, 0.4) is 0 Å². The van der Waals surface area contributed by atoms with E-state index >= 15 is 0 Å². The first kappa shape index (κ1) is 13.7. The molecule has 18 heavy (non-hydrogen) atoms. The number of aromatic nitrogens is 1. The van der Waals surface area contributed by atoms with Gasteiger partial charge in [0.25, 0.3) is 0 Å². The molecule has 0 radical (unpaired) electrons. The van der Waals surface area contributed by atoms with Crippen molar-refractivity contribution in [3.8, 4) is 0 Å². The van der Waals surface area contributed by atoms with Crippen molar-refractivity contribution in [2.24, 2.45) is 0 Å². The standard InChI is InChI=1S/C15H18ClNS/c1-9-12(16)6-5-11-10(8-18)7-13(15(2,3)4)17-14(9)11/h5-7,18H,8H2,1-4H3. The molecule has 0 aliphatic heterocycles. The number of hydrogen-bond acceptors (Lipinski definition) is 2. The predicted molar refractivity (Wildman–Crippen MR) is 82.9 cm³/mol. The molecule has 96 valence electrons. The number of benzene rings is 1. The van der Waals surface area contributed by atoms with Gasteiger partial charge in [-0.05, 0) is 30.2 Å². The highest BCUT2D eigenvalue weighted by molar-refractivity contribution is 7.79. The SMILES string of the molecule is Cc1c(Cl)ccc2c(CS)cc(C(C)(C)C)nc12. The Morgan fingerprint density at radius 1 is 1.28 bits per heavy atom. The fraction of sp³-hybridized carbons (Fsp3) is 0.400. The summed E-state index contributed by atoms with van der Waals surface area (Å²) in [6.07, 6.45) is 0. The van der Waals surface area contributed by atoms with Gasteiger partial charge in [-0.15, -0.1) is 0 Å². The third kappa shape index (κ3) is 2.36. The maximum atomic E-state index is 6.19. The van der Waals surface area contributed by atoms with Crippen LogP contribution in [0.5, 0.6) is 0 Å². The van der Waals surface area contributed by atoms with Gasteiger partial charge >= 0.3 is 0 Å². The van der Waals surface area contributed by atoms with Crippen LogP contribution in [0.1, 0.15) is 37.6 Å². The molecule has 0 aliphatic carbocycles. The lowest BCUT2D eigenvalue weighted by atomic mass is 9.89. The second kappa shape index (κ2) is 4.75. The molecule has 0 fully saturated rings. The summed E-state index contributed by atoms with van der Waals surface area (Å²) in [6, 6.07) is 6.13. The molecule has 0 aliphatic rings. The number of pyridine rings is 1. The summed E-state index contributed by atoms with van der Waals surface area (Å²) in [5.74, 6) is 0.711. The number of rotatable bonds is 1. The van der Waals surface area contributed by atoms with Crippen molar-refractivity contribution in [1.29, 1.82) is 0 Å². The number of nitrogens with zero attached hydrogens (tertiary/aromatic N) is 1. The maximum Gasteiger partial charge on any atom is 0.0752 e. The number of hydrogen-bond donors (Lipinski definition) is 1. The Balaban J connectivity index is 2.85. The van der Waals surface area contributed by atoms with E-state index in [1.54, 1.807) is 0 Å². The molecule has 3 heteroatoms. The highest BCUT2D eigenvalue weighted by atomic mass is 35.5. The second-order valence-corrected chi connectivity index (χ2v) is 6.37. The van der Waals surface area contributed by atoms with Crippen LogP contribution in [0.25, 0.3) is 10.9 Å². The molecule has 0 atom stereocenters. The van der Waals surface area contributed by atoms with Gasteiger partial charge in [-0.1, -0.05) is 38.4 Å². The minimum Gasteiger partial charge on any atom is -0.252 e. The molecule has 2 rings (SSSR count). The molecule has 0 unspecified atom stereocenters. The first-order chi connectivity index (χ1) is 8.34. The van der Waals surface area contributed by atoms with E-state index in [-0.39, 0.29) is 5.41 Å². The normalized spacial score (nSPS) is 12.1. The first-order valence-electron chi connectivity index (χ1n) is 6.04. The molecular formula is C15H18ClNS. The van der Waals surface area contributed by atoms with E-state index in [0.717, 1.165) is 27.2 Å². The van der Waals surface area contributed by atoms with E-state index in [0.29, 0.717) is 5.75 Å². The van der Waals surface area contributed by atoms with Crippen molar-refractivity contribution in [2.45, 2.75) is 38.9 Å². The first-order valence-corrected chi connectivity index (χ1v) is 7.05. The molecule has 1 heterocycles. The minimum absolute atomic E-state index is 0.0284. The highest BCUT2D eigenvalue weighted by Crippen LogP contribution is 2.31.